The summed E-state index contributed by atoms with van der Waals surface area (Å²) < 4.78 is 40.2. The molecule has 0 radical (unpaired) electrons. The van der Waals surface area contributed by atoms with Crippen LogP contribution in [0.25, 0.3) is 10.9 Å². The predicted molar refractivity (Wildman–Crippen MR) is 108 cm³/mol. The number of rotatable bonds is 4. The van der Waals surface area contributed by atoms with Crippen LogP contribution >= 0.6 is 0 Å². The van der Waals surface area contributed by atoms with Crippen molar-refractivity contribution in [3.05, 3.63) is 65.6 Å². The van der Waals surface area contributed by atoms with Gasteiger partial charge in [0.1, 0.15) is 5.82 Å². The van der Waals surface area contributed by atoms with E-state index in [0.29, 0.717) is 22.3 Å². The first-order valence-electron chi connectivity index (χ1n) is 9.20. The number of sulfonamides is 1. The van der Waals surface area contributed by atoms with Gasteiger partial charge >= 0.3 is 0 Å². The molecule has 0 fully saturated rings. The molecule has 1 aliphatic heterocycles. The molecule has 5 nitrogen and oxygen atoms in total. The summed E-state index contributed by atoms with van der Waals surface area (Å²) in [6.45, 7) is 1.46. The topological polar surface area (TPSA) is 53.5 Å². The van der Waals surface area contributed by atoms with E-state index >= 15 is 0 Å². The highest BCUT2D eigenvalue weighted by molar-refractivity contribution is 7.89. The van der Waals surface area contributed by atoms with E-state index < -0.39 is 10.0 Å². The average Bonchev–Trinajstić information content (AvgIpc) is 2.70. The molecule has 0 amide bonds. The summed E-state index contributed by atoms with van der Waals surface area (Å²) in [6, 6.07) is 12.1. The van der Waals surface area contributed by atoms with Gasteiger partial charge in [0.2, 0.25) is 10.0 Å². The van der Waals surface area contributed by atoms with Crippen molar-refractivity contribution >= 4 is 26.6 Å². The fourth-order valence-electron chi connectivity index (χ4n) is 3.72. The first-order valence-corrected chi connectivity index (χ1v) is 10.6. The molecule has 3 aromatic rings. The molecule has 2 aromatic carbocycles. The molecule has 28 heavy (non-hydrogen) atoms. The van der Waals surface area contributed by atoms with E-state index in [-0.39, 0.29) is 5.82 Å². The number of hydrogen-bond donors (Lipinski definition) is 0. The fraction of sp³-hybridized carbons (Fsp3) is 0.286. The minimum Gasteiger partial charge on any atom is -0.367 e. The molecule has 146 valence electrons. The van der Waals surface area contributed by atoms with Crippen molar-refractivity contribution in [3.8, 4) is 0 Å². The Morgan fingerprint density at radius 1 is 1.18 bits per heavy atom. The molecule has 0 saturated heterocycles. The van der Waals surface area contributed by atoms with Gasteiger partial charge in [-0.1, -0.05) is 6.07 Å². The van der Waals surface area contributed by atoms with Crippen molar-refractivity contribution in [3.63, 3.8) is 0 Å². The smallest absolute Gasteiger partial charge is 0.242 e. The van der Waals surface area contributed by atoms with Gasteiger partial charge in [0.15, 0.2) is 0 Å². The summed E-state index contributed by atoms with van der Waals surface area (Å²) in [5, 5.41) is 0.518. The lowest BCUT2D eigenvalue weighted by Gasteiger charge is -2.32. The third kappa shape index (κ3) is 3.25. The molecule has 2 heterocycles. The molecular formula is C21H22FN3O2S. The number of anilines is 1. The van der Waals surface area contributed by atoms with E-state index in [9.17, 15) is 12.8 Å². The molecule has 4 rings (SSSR count). The molecule has 7 heteroatoms. The van der Waals surface area contributed by atoms with Gasteiger partial charge in [0, 0.05) is 44.5 Å². The number of fused-ring (bicyclic) bond motifs is 2. The van der Waals surface area contributed by atoms with Crippen LogP contribution in [0.15, 0.2) is 53.6 Å². The van der Waals surface area contributed by atoms with Gasteiger partial charge in [-0.3, -0.25) is 4.98 Å². The number of aryl methyl sites for hydroxylation is 1. The monoisotopic (exact) mass is 399 g/mol. The van der Waals surface area contributed by atoms with Crippen molar-refractivity contribution in [2.24, 2.45) is 0 Å². The van der Waals surface area contributed by atoms with Gasteiger partial charge in [0.25, 0.3) is 0 Å². The second kappa shape index (κ2) is 7.14. The van der Waals surface area contributed by atoms with Crippen molar-refractivity contribution in [2.45, 2.75) is 24.3 Å². The Morgan fingerprint density at radius 2 is 2.00 bits per heavy atom. The third-order valence-corrected chi connectivity index (χ3v) is 7.02. The highest BCUT2D eigenvalue weighted by Gasteiger charge is 2.23. The Labute approximate surface area is 164 Å². The maximum absolute atomic E-state index is 14.1. The van der Waals surface area contributed by atoms with Crippen LogP contribution in [0.2, 0.25) is 0 Å². The van der Waals surface area contributed by atoms with Crippen molar-refractivity contribution in [2.75, 3.05) is 25.5 Å². The first kappa shape index (κ1) is 18.8. The van der Waals surface area contributed by atoms with E-state index in [4.69, 9.17) is 0 Å². The zero-order valence-electron chi connectivity index (χ0n) is 15.9. The number of nitrogens with zero attached hydrogens (tertiary/aromatic N) is 3. The molecule has 0 atom stereocenters. The second-order valence-electron chi connectivity index (χ2n) is 7.21. The number of pyridine rings is 1. The largest absolute Gasteiger partial charge is 0.367 e. The molecule has 0 saturated carbocycles. The summed E-state index contributed by atoms with van der Waals surface area (Å²) in [7, 11) is -0.386. The van der Waals surface area contributed by atoms with Crippen LogP contribution in [0, 0.1) is 5.82 Å². The van der Waals surface area contributed by atoms with E-state index in [2.05, 4.69) is 9.88 Å². The van der Waals surface area contributed by atoms with Gasteiger partial charge in [-0.2, -0.15) is 0 Å². The minimum absolute atomic E-state index is 0.274. The molecular weight excluding hydrogens is 377 g/mol. The van der Waals surface area contributed by atoms with Crippen LogP contribution in [-0.2, 0) is 23.0 Å². The summed E-state index contributed by atoms with van der Waals surface area (Å²) >= 11 is 0. The normalized spacial score (nSPS) is 14.5. The Bertz CT molecular complexity index is 1150. The van der Waals surface area contributed by atoms with Gasteiger partial charge in [-0.25, -0.2) is 17.1 Å². The van der Waals surface area contributed by atoms with Crippen LogP contribution in [-0.4, -0.2) is 38.3 Å². The van der Waals surface area contributed by atoms with Gasteiger partial charge in [-0.15, -0.1) is 0 Å². The van der Waals surface area contributed by atoms with E-state index in [1.165, 1.54) is 24.5 Å². The molecule has 1 aromatic heterocycles. The standard InChI is InChI=1S/C21H22FN3O2S/c1-24(2)28(26,27)17-8-10-20-15(13-17)5-4-12-25(20)14-16-7-9-19(22)18-6-3-11-23-21(16)18/h3,6-11,13H,4-5,12,14H2,1-2H3. The highest BCUT2D eigenvalue weighted by Crippen LogP contribution is 2.32. The first-order chi connectivity index (χ1) is 13.4. The van der Waals surface area contributed by atoms with Crippen LogP contribution in [0.1, 0.15) is 17.5 Å². The van der Waals surface area contributed by atoms with E-state index in [1.54, 1.807) is 36.5 Å². The third-order valence-electron chi connectivity index (χ3n) is 5.21. The Balaban J connectivity index is 1.71. The van der Waals surface area contributed by atoms with Crippen LogP contribution in [0.3, 0.4) is 0 Å². The molecule has 0 aliphatic carbocycles. The average molecular weight is 399 g/mol. The number of benzene rings is 2. The number of hydrogen-bond acceptors (Lipinski definition) is 4. The van der Waals surface area contributed by atoms with Crippen molar-refractivity contribution < 1.29 is 12.8 Å². The van der Waals surface area contributed by atoms with Gasteiger partial charge < -0.3 is 4.90 Å². The molecule has 0 bridgehead atoms. The molecule has 0 N–H and O–H groups in total. The van der Waals surface area contributed by atoms with Crippen LogP contribution in [0.5, 0.6) is 0 Å². The lowest BCUT2D eigenvalue weighted by molar-refractivity contribution is 0.520. The number of aromatic nitrogens is 1. The van der Waals surface area contributed by atoms with Gasteiger partial charge in [0.05, 0.1) is 10.4 Å². The highest BCUT2D eigenvalue weighted by atomic mass is 32.2. The SMILES string of the molecule is CN(C)S(=O)(=O)c1ccc2c(c1)CCCN2Cc1ccc(F)c2cccnc12. The number of halogens is 1. The summed E-state index contributed by atoms with van der Waals surface area (Å²) in [6.07, 6.45) is 3.45. The van der Waals surface area contributed by atoms with E-state index in [0.717, 1.165) is 36.2 Å². The van der Waals surface area contributed by atoms with Crippen LogP contribution in [0.4, 0.5) is 10.1 Å². The lowest BCUT2D eigenvalue weighted by atomic mass is 10.0. The zero-order valence-corrected chi connectivity index (χ0v) is 16.7. The summed E-state index contributed by atoms with van der Waals surface area (Å²) in [4.78, 5) is 6.90. The second-order valence-corrected chi connectivity index (χ2v) is 9.36. The summed E-state index contributed by atoms with van der Waals surface area (Å²) in [5.41, 5.74) is 3.67. The molecule has 1 aliphatic rings. The lowest BCUT2D eigenvalue weighted by Crippen LogP contribution is -2.29. The van der Waals surface area contributed by atoms with Crippen molar-refractivity contribution in [1.29, 1.82) is 0 Å². The fourth-order valence-corrected chi connectivity index (χ4v) is 4.67. The van der Waals surface area contributed by atoms with E-state index in [1.807, 2.05) is 6.07 Å². The molecule has 0 unspecified atom stereocenters. The van der Waals surface area contributed by atoms with Crippen LogP contribution < -0.4 is 4.90 Å². The Kier molecular flexibility index (Phi) is 4.81. The maximum Gasteiger partial charge on any atom is 0.242 e. The Hall–Kier alpha value is -2.51. The predicted octanol–water partition coefficient (Wildman–Crippen LogP) is 3.58. The molecule has 0 spiro atoms. The quantitative estimate of drug-likeness (QED) is 0.673. The maximum atomic E-state index is 14.1. The Morgan fingerprint density at radius 3 is 2.79 bits per heavy atom. The summed E-state index contributed by atoms with van der Waals surface area (Å²) in [5.74, 6) is -0.274. The minimum atomic E-state index is -3.46. The van der Waals surface area contributed by atoms with Crippen molar-refractivity contribution in [1.82, 2.24) is 9.29 Å². The van der Waals surface area contributed by atoms with Gasteiger partial charge in [-0.05, 0) is 60.4 Å². The zero-order chi connectivity index (χ0) is 19.9.